The number of hydrogen-bond donors (Lipinski definition) is 1. The van der Waals surface area contributed by atoms with E-state index in [0.717, 1.165) is 25.1 Å². The van der Waals surface area contributed by atoms with Crippen molar-refractivity contribution in [2.24, 2.45) is 0 Å². The molecule has 1 aromatic carbocycles. The lowest BCUT2D eigenvalue weighted by atomic mass is 10.0. The van der Waals surface area contributed by atoms with Gasteiger partial charge in [0.25, 0.3) is 0 Å². The summed E-state index contributed by atoms with van der Waals surface area (Å²) in [5.41, 5.74) is 2.61. The maximum Gasteiger partial charge on any atom is 0.129 e. The van der Waals surface area contributed by atoms with Gasteiger partial charge in [0.2, 0.25) is 0 Å². The average molecular weight is 287 g/mol. The van der Waals surface area contributed by atoms with E-state index in [9.17, 15) is 5.11 Å². The maximum absolute atomic E-state index is 10.2. The number of furan rings is 1. The van der Waals surface area contributed by atoms with Crippen LogP contribution in [0.15, 0.2) is 47.1 Å². The molecule has 0 saturated heterocycles. The molecule has 0 bridgehead atoms. The largest absolute Gasteiger partial charge is 0.467 e. The summed E-state index contributed by atoms with van der Waals surface area (Å²) in [4.78, 5) is 2.25. The molecule has 3 rings (SSSR count). The number of aliphatic hydroxyl groups is 1. The first-order valence-electron chi connectivity index (χ1n) is 7.44. The molecule has 2 aromatic rings. The molecule has 4 nitrogen and oxygen atoms in total. The number of fused-ring (bicyclic) bond motifs is 1. The fourth-order valence-electron chi connectivity index (χ4n) is 2.80. The van der Waals surface area contributed by atoms with Crippen LogP contribution in [0, 0.1) is 0 Å². The van der Waals surface area contributed by atoms with Crippen LogP contribution >= 0.6 is 0 Å². The van der Waals surface area contributed by atoms with Gasteiger partial charge in [-0.25, -0.2) is 0 Å². The normalized spacial score (nSPS) is 15.8. The predicted molar refractivity (Wildman–Crippen MR) is 81.3 cm³/mol. The highest BCUT2D eigenvalue weighted by molar-refractivity contribution is 5.55. The molecule has 1 unspecified atom stereocenters. The van der Waals surface area contributed by atoms with Gasteiger partial charge in [-0.05, 0) is 36.6 Å². The third-order valence-electron chi connectivity index (χ3n) is 3.77. The first-order valence-corrected chi connectivity index (χ1v) is 7.44. The molecule has 1 N–H and O–H groups in total. The highest BCUT2D eigenvalue weighted by Gasteiger charge is 2.18. The minimum absolute atomic E-state index is 0.319. The van der Waals surface area contributed by atoms with Crippen LogP contribution < -0.4 is 4.90 Å². The smallest absolute Gasteiger partial charge is 0.129 e. The zero-order chi connectivity index (χ0) is 14.5. The second-order valence-corrected chi connectivity index (χ2v) is 5.43. The summed E-state index contributed by atoms with van der Waals surface area (Å²) in [6.07, 6.45) is 3.39. The average Bonchev–Trinajstić information content (AvgIpc) is 3.01. The fraction of sp³-hybridized carbons (Fsp3) is 0.412. The van der Waals surface area contributed by atoms with E-state index in [4.69, 9.17) is 9.15 Å². The summed E-state index contributed by atoms with van der Waals surface area (Å²) in [5.74, 6) is 0.783. The molecule has 21 heavy (non-hydrogen) atoms. The van der Waals surface area contributed by atoms with E-state index in [-0.39, 0.29) is 0 Å². The van der Waals surface area contributed by atoms with Crippen molar-refractivity contribution >= 4 is 5.69 Å². The summed E-state index contributed by atoms with van der Waals surface area (Å²) in [6, 6.07) is 12.1. The lowest BCUT2D eigenvalue weighted by molar-refractivity contribution is 0.0254. The number of β-amino-alcohol motifs (C(OH)–C–C–N with tert-alkyl or cyclic N) is 1. The molecule has 0 fully saturated rings. The van der Waals surface area contributed by atoms with Crippen molar-refractivity contribution in [3.63, 3.8) is 0 Å². The number of anilines is 1. The molecular formula is C17H21NO3. The molecule has 0 aliphatic carbocycles. The summed E-state index contributed by atoms with van der Waals surface area (Å²) in [6.45, 7) is 2.32. The third-order valence-corrected chi connectivity index (χ3v) is 3.77. The van der Waals surface area contributed by atoms with Crippen LogP contribution in [-0.4, -0.2) is 30.9 Å². The number of aryl methyl sites for hydroxylation is 1. The minimum Gasteiger partial charge on any atom is -0.467 e. The molecule has 1 aliphatic rings. The fourth-order valence-corrected chi connectivity index (χ4v) is 2.80. The van der Waals surface area contributed by atoms with Crippen LogP contribution in [-0.2, 0) is 17.8 Å². The lowest BCUT2D eigenvalue weighted by Crippen LogP contribution is -2.38. The van der Waals surface area contributed by atoms with Crippen LogP contribution in [0.5, 0.6) is 0 Å². The van der Waals surface area contributed by atoms with E-state index >= 15 is 0 Å². The molecule has 1 aromatic heterocycles. The van der Waals surface area contributed by atoms with Gasteiger partial charge in [-0.3, -0.25) is 0 Å². The highest BCUT2D eigenvalue weighted by Crippen LogP contribution is 2.26. The van der Waals surface area contributed by atoms with Crippen LogP contribution in [0.2, 0.25) is 0 Å². The Morgan fingerprint density at radius 2 is 2.14 bits per heavy atom. The first-order chi connectivity index (χ1) is 10.3. The van der Waals surface area contributed by atoms with Crippen molar-refractivity contribution in [3.05, 3.63) is 54.0 Å². The molecule has 4 heteroatoms. The SMILES string of the molecule is OC(COCc1ccco1)CN1CCCc2ccccc21. The van der Waals surface area contributed by atoms with Crippen LogP contribution in [0.25, 0.3) is 0 Å². The molecule has 0 spiro atoms. The van der Waals surface area contributed by atoms with Gasteiger partial charge in [0.15, 0.2) is 0 Å². The van der Waals surface area contributed by atoms with E-state index in [1.165, 1.54) is 11.3 Å². The quantitative estimate of drug-likeness (QED) is 0.887. The van der Waals surface area contributed by atoms with E-state index in [1.54, 1.807) is 6.26 Å². The molecule has 0 saturated carbocycles. The second kappa shape index (κ2) is 6.78. The number of para-hydroxylation sites is 1. The van der Waals surface area contributed by atoms with Gasteiger partial charge in [-0.15, -0.1) is 0 Å². The number of aliphatic hydroxyl groups excluding tert-OH is 1. The van der Waals surface area contributed by atoms with Gasteiger partial charge in [-0.2, -0.15) is 0 Å². The van der Waals surface area contributed by atoms with Crippen molar-refractivity contribution in [3.8, 4) is 0 Å². The second-order valence-electron chi connectivity index (χ2n) is 5.43. The van der Waals surface area contributed by atoms with Crippen LogP contribution in [0.3, 0.4) is 0 Å². The van der Waals surface area contributed by atoms with Crippen molar-refractivity contribution in [1.29, 1.82) is 0 Å². The van der Waals surface area contributed by atoms with E-state index in [1.807, 2.05) is 12.1 Å². The zero-order valence-electron chi connectivity index (χ0n) is 12.1. The van der Waals surface area contributed by atoms with Gasteiger partial charge < -0.3 is 19.2 Å². The number of ether oxygens (including phenoxy) is 1. The monoisotopic (exact) mass is 287 g/mol. The lowest BCUT2D eigenvalue weighted by Gasteiger charge is -2.32. The standard InChI is InChI=1S/C17H21NO3/c19-15(12-20-13-16-7-4-10-21-16)11-18-9-3-6-14-5-1-2-8-17(14)18/h1-2,4-5,7-8,10,15,19H,3,6,9,11-13H2. The predicted octanol–water partition coefficient (Wildman–Crippen LogP) is 2.61. The summed E-state index contributed by atoms with van der Waals surface area (Å²) >= 11 is 0. The topological polar surface area (TPSA) is 45.8 Å². The summed E-state index contributed by atoms with van der Waals surface area (Å²) in [5, 5.41) is 10.2. The molecule has 1 aliphatic heterocycles. The van der Waals surface area contributed by atoms with Crippen molar-refractivity contribution < 1.29 is 14.3 Å². The Labute approximate surface area is 124 Å². The van der Waals surface area contributed by atoms with Gasteiger partial charge in [0, 0.05) is 18.8 Å². The van der Waals surface area contributed by atoms with Gasteiger partial charge in [0.05, 0.1) is 19.0 Å². The van der Waals surface area contributed by atoms with E-state index in [2.05, 4.69) is 29.2 Å². The Morgan fingerprint density at radius 1 is 1.24 bits per heavy atom. The van der Waals surface area contributed by atoms with Crippen molar-refractivity contribution in [2.45, 2.75) is 25.6 Å². The van der Waals surface area contributed by atoms with Gasteiger partial charge in [0.1, 0.15) is 12.4 Å². The first kappa shape index (κ1) is 14.2. The van der Waals surface area contributed by atoms with Gasteiger partial charge >= 0.3 is 0 Å². The van der Waals surface area contributed by atoms with Crippen molar-refractivity contribution in [1.82, 2.24) is 0 Å². The van der Waals surface area contributed by atoms with Crippen LogP contribution in [0.4, 0.5) is 5.69 Å². The third kappa shape index (κ3) is 3.65. The molecular weight excluding hydrogens is 266 g/mol. The molecule has 0 radical (unpaired) electrons. The van der Waals surface area contributed by atoms with Crippen molar-refractivity contribution in [2.75, 3.05) is 24.6 Å². The zero-order valence-corrected chi connectivity index (χ0v) is 12.1. The van der Waals surface area contributed by atoms with Crippen LogP contribution in [0.1, 0.15) is 17.7 Å². The summed E-state index contributed by atoms with van der Waals surface area (Å²) < 4.78 is 10.7. The Morgan fingerprint density at radius 3 is 3.00 bits per heavy atom. The van der Waals surface area contributed by atoms with E-state index in [0.29, 0.717) is 19.8 Å². The number of nitrogens with zero attached hydrogens (tertiary/aromatic N) is 1. The van der Waals surface area contributed by atoms with E-state index < -0.39 is 6.10 Å². The number of benzene rings is 1. The summed E-state index contributed by atoms with van der Waals surface area (Å²) in [7, 11) is 0. The molecule has 1 atom stereocenters. The Kier molecular flexibility index (Phi) is 4.58. The van der Waals surface area contributed by atoms with Gasteiger partial charge in [-0.1, -0.05) is 18.2 Å². The molecule has 112 valence electrons. The number of rotatable bonds is 6. The Bertz CT molecular complexity index is 553. The highest BCUT2D eigenvalue weighted by atomic mass is 16.5. The minimum atomic E-state index is -0.494. The maximum atomic E-state index is 10.2. The number of hydrogen-bond acceptors (Lipinski definition) is 4. The Balaban J connectivity index is 1.50. The molecule has 0 amide bonds. The Hall–Kier alpha value is -1.78. The molecule has 2 heterocycles.